The molecule has 0 aliphatic heterocycles. The molecule has 106 valence electrons. The van der Waals surface area contributed by atoms with Crippen molar-refractivity contribution in [3.05, 3.63) is 34.8 Å². The van der Waals surface area contributed by atoms with Gasteiger partial charge in [-0.3, -0.25) is 0 Å². The van der Waals surface area contributed by atoms with Crippen LogP contribution in [-0.4, -0.2) is 22.8 Å². The maximum Gasteiger partial charge on any atom is 0.190 e. The van der Waals surface area contributed by atoms with Gasteiger partial charge in [0.15, 0.2) is 5.16 Å². The van der Waals surface area contributed by atoms with E-state index in [1.54, 1.807) is 23.5 Å². The molecule has 0 fully saturated rings. The minimum absolute atomic E-state index is 0.797. The number of hydrogen-bond acceptors (Lipinski definition) is 5. The molecule has 0 amide bonds. The molecule has 0 radical (unpaired) electrons. The lowest BCUT2D eigenvalue weighted by Gasteiger charge is -2.08. The van der Waals surface area contributed by atoms with E-state index in [1.165, 1.54) is 4.90 Å². The van der Waals surface area contributed by atoms with Crippen LogP contribution in [0.2, 0.25) is 0 Å². The maximum atomic E-state index is 4.54. The normalized spacial score (nSPS) is 10.6. The van der Waals surface area contributed by atoms with Crippen molar-refractivity contribution in [2.24, 2.45) is 0 Å². The predicted molar refractivity (Wildman–Crippen MR) is 90.9 cm³/mol. The van der Waals surface area contributed by atoms with E-state index in [0.717, 1.165) is 33.4 Å². The Labute approximate surface area is 136 Å². The monoisotopic (exact) mass is 369 g/mol. The van der Waals surface area contributed by atoms with Gasteiger partial charge in [-0.05, 0) is 36.9 Å². The molecule has 0 spiro atoms. The summed E-state index contributed by atoms with van der Waals surface area (Å²) < 4.78 is 1.08. The van der Waals surface area contributed by atoms with E-state index >= 15 is 0 Å². The second-order valence-electron chi connectivity index (χ2n) is 4.06. The summed E-state index contributed by atoms with van der Waals surface area (Å²) in [6.07, 6.45) is 3.07. The van der Waals surface area contributed by atoms with Crippen molar-refractivity contribution in [1.82, 2.24) is 9.97 Å². The number of thioether (sulfide) groups is 1. The maximum absolute atomic E-state index is 4.54. The molecule has 0 unspecified atom stereocenters. The van der Waals surface area contributed by atoms with E-state index < -0.39 is 0 Å². The van der Waals surface area contributed by atoms with Crippen molar-refractivity contribution in [3.63, 3.8) is 0 Å². The summed E-state index contributed by atoms with van der Waals surface area (Å²) in [5.74, 6) is 0.894. The molecule has 1 aromatic heterocycles. The SMILES string of the molecule is CCCNc1cc(Sc2ccc(Br)cc2)nc(SC)n1. The number of benzene rings is 1. The van der Waals surface area contributed by atoms with E-state index in [4.69, 9.17) is 0 Å². The van der Waals surface area contributed by atoms with Crippen LogP contribution in [0.25, 0.3) is 0 Å². The molecule has 1 aromatic carbocycles. The van der Waals surface area contributed by atoms with E-state index in [1.807, 2.05) is 24.5 Å². The van der Waals surface area contributed by atoms with E-state index in [2.05, 4.69) is 50.3 Å². The van der Waals surface area contributed by atoms with Crippen LogP contribution in [0.4, 0.5) is 5.82 Å². The summed E-state index contributed by atoms with van der Waals surface area (Å²) >= 11 is 6.65. The zero-order valence-corrected chi connectivity index (χ0v) is 14.6. The van der Waals surface area contributed by atoms with Gasteiger partial charge < -0.3 is 5.32 Å². The fourth-order valence-corrected chi connectivity index (χ4v) is 3.03. The number of hydrogen-bond donors (Lipinski definition) is 1. The Balaban J connectivity index is 2.19. The fraction of sp³-hybridized carbons (Fsp3) is 0.286. The van der Waals surface area contributed by atoms with Crippen molar-refractivity contribution in [3.8, 4) is 0 Å². The highest BCUT2D eigenvalue weighted by molar-refractivity contribution is 9.10. The molecule has 20 heavy (non-hydrogen) atoms. The Morgan fingerprint density at radius 2 is 1.95 bits per heavy atom. The summed E-state index contributed by atoms with van der Waals surface area (Å²) in [5, 5.41) is 5.08. The average molecular weight is 370 g/mol. The van der Waals surface area contributed by atoms with E-state index in [0.29, 0.717) is 0 Å². The van der Waals surface area contributed by atoms with Crippen LogP contribution >= 0.6 is 39.5 Å². The van der Waals surface area contributed by atoms with Gasteiger partial charge in [-0.2, -0.15) is 0 Å². The van der Waals surface area contributed by atoms with Crippen molar-refractivity contribution in [1.29, 1.82) is 0 Å². The zero-order chi connectivity index (χ0) is 14.4. The fourth-order valence-electron chi connectivity index (χ4n) is 1.51. The van der Waals surface area contributed by atoms with Crippen LogP contribution in [0, 0.1) is 0 Å². The predicted octanol–water partition coefficient (Wildman–Crippen LogP) is 4.93. The summed E-state index contributed by atoms with van der Waals surface area (Å²) in [6, 6.07) is 10.2. The molecule has 1 N–H and O–H groups in total. The van der Waals surface area contributed by atoms with Gasteiger partial charge in [0.1, 0.15) is 10.8 Å². The highest BCUT2D eigenvalue weighted by Gasteiger charge is 2.05. The summed E-state index contributed by atoms with van der Waals surface area (Å²) in [4.78, 5) is 10.2. The van der Waals surface area contributed by atoms with Gasteiger partial charge in [0.05, 0.1) is 0 Å². The van der Waals surface area contributed by atoms with E-state index in [-0.39, 0.29) is 0 Å². The Morgan fingerprint density at radius 1 is 1.20 bits per heavy atom. The van der Waals surface area contributed by atoms with Crippen molar-refractivity contribution >= 4 is 45.3 Å². The Bertz CT molecular complexity index is 561. The zero-order valence-electron chi connectivity index (χ0n) is 11.4. The van der Waals surface area contributed by atoms with Crippen molar-refractivity contribution < 1.29 is 0 Å². The second-order valence-corrected chi connectivity index (χ2v) is 6.84. The quantitative estimate of drug-likeness (QED) is 0.443. The molecule has 1 heterocycles. The van der Waals surface area contributed by atoms with Gasteiger partial charge in [0.25, 0.3) is 0 Å². The number of anilines is 1. The number of rotatable bonds is 6. The Morgan fingerprint density at radius 3 is 2.60 bits per heavy atom. The summed E-state index contributed by atoms with van der Waals surface area (Å²) in [7, 11) is 0. The first-order valence-corrected chi connectivity index (χ1v) is 9.15. The smallest absolute Gasteiger partial charge is 0.190 e. The minimum atomic E-state index is 0.797. The Hall–Kier alpha value is -0.720. The minimum Gasteiger partial charge on any atom is -0.370 e. The molecule has 0 atom stereocenters. The van der Waals surface area contributed by atoms with Crippen LogP contribution < -0.4 is 5.32 Å². The van der Waals surface area contributed by atoms with Crippen LogP contribution in [0.5, 0.6) is 0 Å². The summed E-state index contributed by atoms with van der Waals surface area (Å²) in [5.41, 5.74) is 0. The third-order valence-electron chi connectivity index (χ3n) is 2.46. The molecule has 2 aromatic rings. The molecule has 3 nitrogen and oxygen atoms in total. The van der Waals surface area contributed by atoms with Crippen LogP contribution in [0.3, 0.4) is 0 Å². The number of nitrogens with one attached hydrogen (secondary N) is 1. The first kappa shape index (κ1) is 15.7. The van der Waals surface area contributed by atoms with Gasteiger partial charge >= 0.3 is 0 Å². The standard InChI is InChI=1S/C14H16BrN3S2/c1-3-8-16-12-9-13(18-14(17-12)19-2)20-11-6-4-10(15)5-7-11/h4-7,9H,3,8H2,1-2H3,(H,16,17,18). The average Bonchev–Trinajstić information content (AvgIpc) is 2.47. The molecule has 2 rings (SSSR count). The van der Waals surface area contributed by atoms with Gasteiger partial charge in [-0.15, -0.1) is 0 Å². The number of nitrogens with zero attached hydrogens (tertiary/aromatic N) is 2. The van der Waals surface area contributed by atoms with Gasteiger partial charge in [0, 0.05) is 22.0 Å². The lowest BCUT2D eigenvalue weighted by Crippen LogP contribution is -2.03. The van der Waals surface area contributed by atoms with Gasteiger partial charge in [-0.25, -0.2) is 9.97 Å². The first-order chi connectivity index (χ1) is 9.71. The third kappa shape index (κ3) is 4.68. The molecule has 0 saturated heterocycles. The van der Waals surface area contributed by atoms with Crippen LogP contribution in [0.1, 0.15) is 13.3 Å². The number of halogens is 1. The largest absolute Gasteiger partial charge is 0.370 e. The van der Waals surface area contributed by atoms with Gasteiger partial charge in [0.2, 0.25) is 0 Å². The molecule has 0 saturated carbocycles. The molecular weight excluding hydrogens is 354 g/mol. The van der Waals surface area contributed by atoms with Gasteiger partial charge in [-0.1, -0.05) is 46.4 Å². The second kappa shape index (κ2) is 7.90. The van der Waals surface area contributed by atoms with Crippen LogP contribution in [-0.2, 0) is 0 Å². The number of aromatic nitrogens is 2. The lowest BCUT2D eigenvalue weighted by atomic mass is 10.4. The summed E-state index contributed by atoms with van der Waals surface area (Å²) in [6.45, 7) is 3.06. The van der Waals surface area contributed by atoms with Crippen molar-refractivity contribution in [2.45, 2.75) is 28.4 Å². The highest BCUT2D eigenvalue weighted by Crippen LogP contribution is 2.29. The molecular formula is C14H16BrN3S2. The van der Waals surface area contributed by atoms with Crippen LogP contribution in [0.15, 0.2) is 49.9 Å². The third-order valence-corrected chi connectivity index (χ3v) is 4.46. The van der Waals surface area contributed by atoms with Crippen molar-refractivity contribution in [2.75, 3.05) is 18.1 Å². The Kier molecular flexibility index (Phi) is 6.19. The molecule has 6 heteroatoms. The van der Waals surface area contributed by atoms with E-state index in [9.17, 15) is 0 Å². The highest BCUT2D eigenvalue weighted by atomic mass is 79.9. The molecule has 0 aliphatic carbocycles. The first-order valence-electron chi connectivity index (χ1n) is 6.31. The topological polar surface area (TPSA) is 37.8 Å². The molecule has 0 bridgehead atoms. The molecule has 0 aliphatic rings. The lowest BCUT2D eigenvalue weighted by molar-refractivity contribution is 0.878.